The molecule has 0 fully saturated rings. The molecule has 0 saturated carbocycles. The maximum absolute atomic E-state index is 5.97. The average Bonchev–Trinajstić information content (AvgIpc) is 2.53. The van der Waals surface area contributed by atoms with Gasteiger partial charge in [0.1, 0.15) is 0 Å². The van der Waals surface area contributed by atoms with Gasteiger partial charge in [0, 0.05) is 25.0 Å². The summed E-state index contributed by atoms with van der Waals surface area (Å²) in [4.78, 5) is 4.18. The van der Waals surface area contributed by atoms with Crippen molar-refractivity contribution >= 4 is 11.6 Å². The summed E-state index contributed by atoms with van der Waals surface area (Å²) in [5.41, 5.74) is 1.71. The summed E-state index contributed by atoms with van der Waals surface area (Å²) in [5, 5.41) is 4.70. The van der Waals surface area contributed by atoms with Gasteiger partial charge in [0.15, 0.2) is 0 Å². The number of hydrogen-bond donors (Lipinski definition) is 0. The number of aryl methyl sites for hydroxylation is 1. The Morgan fingerprint density at radius 3 is 2.92 bits per heavy atom. The fourth-order valence-corrected chi connectivity index (χ4v) is 1.37. The van der Waals surface area contributed by atoms with Crippen LogP contribution in [0.3, 0.4) is 0 Å². The van der Waals surface area contributed by atoms with Crippen LogP contribution in [0.4, 0.5) is 0 Å². The number of pyridine rings is 1. The highest BCUT2D eigenvalue weighted by Crippen LogP contribution is 2.23. The fraction of sp³-hybridized carbons (Fsp3) is 0.111. The Morgan fingerprint density at radius 2 is 2.31 bits per heavy atom. The predicted octanol–water partition coefficient (Wildman–Crippen LogP) is 2.14. The van der Waals surface area contributed by atoms with Crippen LogP contribution in [-0.2, 0) is 7.05 Å². The molecule has 0 unspecified atom stereocenters. The highest BCUT2D eigenvalue weighted by atomic mass is 35.5. The second-order valence-electron chi connectivity index (χ2n) is 2.74. The number of halogens is 1. The molecule has 0 N–H and O–H groups in total. The van der Waals surface area contributed by atoms with Crippen molar-refractivity contribution in [2.24, 2.45) is 7.05 Å². The van der Waals surface area contributed by atoms with Gasteiger partial charge in [-0.3, -0.25) is 9.67 Å². The summed E-state index contributed by atoms with van der Waals surface area (Å²) in [7, 11) is 1.86. The molecule has 4 heteroatoms. The Bertz CT molecular complexity index is 422. The average molecular weight is 194 g/mol. The van der Waals surface area contributed by atoms with Crippen LogP contribution in [0, 0.1) is 0 Å². The van der Waals surface area contributed by atoms with Gasteiger partial charge in [-0.25, -0.2) is 0 Å². The number of aromatic nitrogens is 3. The van der Waals surface area contributed by atoms with Crippen molar-refractivity contribution in [2.75, 3.05) is 0 Å². The first-order valence-electron chi connectivity index (χ1n) is 3.87. The smallest absolute Gasteiger partial charge is 0.0919 e. The number of rotatable bonds is 1. The maximum Gasteiger partial charge on any atom is 0.0919 e. The first-order chi connectivity index (χ1) is 6.27. The third kappa shape index (κ3) is 1.55. The van der Waals surface area contributed by atoms with Gasteiger partial charge in [0.25, 0.3) is 0 Å². The van der Waals surface area contributed by atoms with E-state index in [4.69, 9.17) is 11.6 Å². The number of nitrogens with zero attached hydrogens (tertiary/aromatic N) is 3. The maximum atomic E-state index is 5.97. The summed E-state index contributed by atoms with van der Waals surface area (Å²) in [6.07, 6.45) is 5.34. The van der Waals surface area contributed by atoms with E-state index in [-0.39, 0.29) is 0 Å². The molecule has 0 amide bonds. The van der Waals surface area contributed by atoms with Gasteiger partial charge in [-0.05, 0) is 12.1 Å². The van der Waals surface area contributed by atoms with E-state index >= 15 is 0 Å². The zero-order valence-electron chi connectivity index (χ0n) is 7.11. The topological polar surface area (TPSA) is 30.7 Å². The molecule has 0 aliphatic heterocycles. The summed E-state index contributed by atoms with van der Waals surface area (Å²) < 4.78 is 1.72. The van der Waals surface area contributed by atoms with E-state index < -0.39 is 0 Å². The summed E-state index contributed by atoms with van der Waals surface area (Å²) in [6.45, 7) is 0. The second-order valence-corrected chi connectivity index (χ2v) is 3.14. The second kappa shape index (κ2) is 3.18. The molecular formula is C9H8ClN3. The lowest BCUT2D eigenvalue weighted by atomic mass is 10.2. The summed E-state index contributed by atoms with van der Waals surface area (Å²) in [5.74, 6) is 0. The van der Waals surface area contributed by atoms with E-state index in [0.29, 0.717) is 5.02 Å². The minimum absolute atomic E-state index is 0.649. The third-order valence-electron chi connectivity index (χ3n) is 1.74. The molecule has 0 saturated heterocycles. The van der Waals surface area contributed by atoms with Crippen LogP contribution in [0.5, 0.6) is 0 Å². The standard InChI is InChI=1S/C9H8ClN3/c1-13-6-7(5-12-13)9-8(10)3-2-4-11-9/h2-6H,1H3. The van der Waals surface area contributed by atoms with E-state index in [1.54, 1.807) is 17.1 Å². The fourth-order valence-electron chi connectivity index (χ4n) is 1.14. The summed E-state index contributed by atoms with van der Waals surface area (Å²) >= 11 is 5.97. The van der Waals surface area contributed by atoms with Crippen LogP contribution in [0.15, 0.2) is 30.7 Å². The third-order valence-corrected chi connectivity index (χ3v) is 2.04. The molecule has 66 valence electrons. The van der Waals surface area contributed by atoms with E-state index in [9.17, 15) is 0 Å². The lowest BCUT2D eigenvalue weighted by Gasteiger charge is -1.97. The van der Waals surface area contributed by atoms with Crippen molar-refractivity contribution in [3.05, 3.63) is 35.7 Å². The molecular weight excluding hydrogens is 186 g/mol. The van der Waals surface area contributed by atoms with E-state index in [1.165, 1.54) is 0 Å². The lowest BCUT2D eigenvalue weighted by molar-refractivity contribution is 0.768. The normalized spacial score (nSPS) is 10.3. The first kappa shape index (κ1) is 8.26. The number of hydrogen-bond acceptors (Lipinski definition) is 2. The quantitative estimate of drug-likeness (QED) is 0.695. The van der Waals surface area contributed by atoms with Crippen molar-refractivity contribution in [1.82, 2.24) is 14.8 Å². The van der Waals surface area contributed by atoms with Gasteiger partial charge < -0.3 is 0 Å². The van der Waals surface area contributed by atoms with E-state index in [1.807, 2.05) is 25.4 Å². The van der Waals surface area contributed by atoms with Gasteiger partial charge in [-0.1, -0.05) is 11.6 Å². The van der Waals surface area contributed by atoms with Gasteiger partial charge in [-0.2, -0.15) is 5.10 Å². The molecule has 2 aromatic heterocycles. The highest BCUT2D eigenvalue weighted by Gasteiger charge is 2.05. The molecule has 3 nitrogen and oxygen atoms in total. The van der Waals surface area contributed by atoms with E-state index in [0.717, 1.165) is 11.3 Å². The minimum Gasteiger partial charge on any atom is -0.275 e. The highest BCUT2D eigenvalue weighted by molar-refractivity contribution is 6.32. The largest absolute Gasteiger partial charge is 0.275 e. The lowest BCUT2D eigenvalue weighted by Crippen LogP contribution is -1.85. The van der Waals surface area contributed by atoms with Crippen LogP contribution >= 0.6 is 11.6 Å². The van der Waals surface area contributed by atoms with Crippen LogP contribution in [0.2, 0.25) is 5.02 Å². The molecule has 0 aliphatic rings. The van der Waals surface area contributed by atoms with Crippen molar-refractivity contribution in [2.45, 2.75) is 0 Å². The molecule has 2 aromatic rings. The van der Waals surface area contributed by atoms with Crippen LogP contribution in [0.25, 0.3) is 11.3 Å². The van der Waals surface area contributed by atoms with Crippen molar-refractivity contribution in [1.29, 1.82) is 0 Å². The molecule has 0 spiro atoms. The molecule has 2 heterocycles. The Kier molecular flexibility index (Phi) is 2.02. The van der Waals surface area contributed by atoms with Gasteiger partial charge in [0.05, 0.1) is 16.9 Å². The van der Waals surface area contributed by atoms with Crippen molar-refractivity contribution in [3.63, 3.8) is 0 Å². The first-order valence-corrected chi connectivity index (χ1v) is 4.25. The zero-order valence-corrected chi connectivity index (χ0v) is 7.86. The van der Waals surface area contributed by atoms with Crippen LogP contribution < -0.4 is 0 Å². The predicted molar refractivity (Wildman–Crippen MR) is 51.4 cm³/mol. The van der Waals surface area contributed by atoms with Crippen molar-refractivity contribution in [3.8, 4) is 11.3 Å². The Morgan fingerprint density at radius 1 is 1.46 bits per heavy atom. The zero-order chi connectivity index (χ0) is 9.26. The molecule has 0 radical (unpaired) electrons. The van der Waals surface area contributed by atoms with Gasteiger partial charge in [-0.15, -0.1) is 0 Å². The van der Waals surface area contributed by atoms with Gasteiger partial charge >= 0.3 is 0 Å². The molecule has 13 heavy (non-hydrogen) atoms. The SMILES string of the molecule is Cn1cc(-c2ncccc2Cl)cn1. The molecule has 0 aromatic carbocycles. The van der Waals surface area contributed by atoms with Crippen LogP contribution in [-0.4, -0.2) is 14.8 Å². The molecule has 2 rings (SSSR count). The Labute approximate surface area is 81.0 Å². The van der Waals surface area contributed by atoms with Gasteiger partial charge in [0.2, 0.25) is 0 Å². The van der Waals surface area contributed by atoms with Crippen LogP contribution in [0.1, 0.15) is 0 Å². The Balaban J connectivity index is 2.52. The van der Waals surface area contributed by atoms with E-state index in [2.05, 4.69) is 10.1 Å². The van der Waals surface area contributed by atoms with Crippen molar-refractivity contribution < 1.29 is 0 Å². The molecule has 0 bridgehead atoms. The monoisotopic (exact) mass is 193 g/mol. The Hall–Kier alpha value is -1.35. The minimum atomic E-state index is 0.649. The molecule has 0 atom stereocenters. The molecule has 0 aliphatic carbocycles. The summed E-state index contributed by atoms with van der Waals surface area (Å²) in [6, 6.07) is 3.62.